The van der Waals surface area contributed by atoms with Gasteiger partial charge in [-0.25, -0.2) is 23.1 Å². The number of hydrogen-bond donors (Lipinski definition) is 2. The van der Waals surface area contributed by atoms with Gasteiger partial charge in [-0.3, -0.25) is 4.79 Å². The number of aromatic nitrogens is 4. The molecular formula is C15H14N6O3S3. The van der Waals surface area contributed by atoms with Crippen LogP contribution < -0.4 is 10.0 Å². The Hall–Kier alpha value is -2.57. The smallest absolute Gasteiger partial charge is 0.264 e. The third kappa shape index (κ3) is 5.21. The first-order valence-corrected chi connectivity index (χ1v) is 10.8. The molecule has 1 atom stereocenters. The van der Waals surface area contributed by atoms with Crippen LogP contribution in [0.25, 0.3) is 0 Å². The minimum atomic E-state index is -3.81. The van der Waals surface area contributed by atoms with Crippen molar-refractivity contribution < 1.29 is 13.2 Å². The molecule has 0 unspecified atom stereocenters. The highest BCUT2D eigenvalue weighted by Crippen LogP contribution is 2.25. The van der Waals surface area contributed by atoms with E-state index in [1.165, 1.54) is 59.8 Å². The number of nitrogens with one attached hydrogen (secondary N) is 2. The summed E-state index contributed by atoms with van der Waals surface area (Å²) in [5, 5.41) is 9.97. The van der Waals surface area contributed by atoms with Gasteiger partial charge in [-0.1, -0.05) is 23.1 Å². The zero-order valence-electron chi connectivity index (χ0n) is 13.9. The quantitative estimate of drug-likeness (QED) is 0.555. The number of nitrogens with zero attached hydrogens (tertiary/aromatic N) is 4. The number of carbonyl (C=O) groups excluding carboxylic acids is 1. The molecule has 2 heterocycles. The van der Waals surface area contributed by atoms with Crippen LogP contribution in [0.2, 0.25) is 0 Å². The van der Waals surface area contributed by atoms with Crippen LogP contribution in [0.3, 0.4) is 0 Å². The Kier molecular flexibility index (Phi) is 5.98. The Morgan fingerprint density at radius 3 is 2.52 bits per heavy atom. The molecule has 140 valence electrons. The molecular weight excluding hydrogens is 408 g/mol. The Morgan fingerprint density at radius 2 is 1.89 bits per heavy atom. The van der Waals surface area contributed by atoms with Crippen LogP contribution in [0.4, 0.5) is 11.6 Å². The lowest BCUT2D eigenvalue weighted by molar-refractivity contribution is -0.115. The number of thioether (sulfide) groups is 1. The molecule has 27 heavy (non-hydrogen) atoms. The normalized spacial score (nSPS) is 12.3. The van der Waals surface area contributed by atoms with Gasteiger partial charge in [0.2, 0.25) is 11.9 Å². The molecule has 9 nitrogen and oxygen atoms in total. The lowest BCUT2D eigenvalue weighted by Gasteiger charge is -2.11. The molecule has 3 rings (SSSR count). The van der Waals surface area contributed by atoms with E-state index in [4.69, 9.17) is 0 Å². The van der Waals surface area contributed by atoms with E-state index >= 15 is 0 Å². The molecule has 2 aromatic heterocycles. The highest BCUT2D eigenvalue weighted by atomic mass is 32.2. The fourth-order valence-electron chi connectivity index (χ4n) is 1.91. The second kappa shape index (κ2) is 8.41. The first-order valence-electron chi connectivity index (χ1n) is 7.57. The predicted octanol–water partition coefficient (Wildman–Crippen LogP) is 2.25. The molecule has 0 radical (unpaired) electrons. The zero-order valence-corrected chi connectivity index (χ0v) is 16.4. The molecule has 0 aliphatic carbocycles. The number of rotatable bonds is 7. The van der Waals surface area contributed by atoms with Gasteiger partial charge in [-0.05, 0) is 37.3 Å². The van der Waals surface area contributed by atoms with Gasteiger partial charge in [-0.15, -0.1) is 10.2 Å². The maximum absolute atomic E-state index is 12.3. The van der Waals surface area contributed by atoms with Crippen LogP contribution in [0, 0.1) is 0 Å². The first-order chi connectivity index (χ1) is 12.9. The fourth-order valence-corrected chi connectivity index (χ4v) is 4.50. The van der Waals surface area contributed by atoms with E-state index in [9.17, 15) is 13.2 Å². The van der Waals surface area contributed by atoms with E-state index in [0.29, 0.717) is 10.0 Å². The summed E-state index contributed by atoms with van der Waals surface area (Å²) in [4.78, 5) is 19.9. The molecule has 0 saturated carbocycles. The van der Waals surface area contributed by atoms with Gasteiger partial charge in [0.05, 0.1) is 10.1 Å². The van der Waals surface area contributed by atoms with E-state index in [1.807, 2.05) is 0 Å². The van der Waals surface area contributed by atoms with Gasteiger partial charge in [0.1, 0.15) is 5.51 Å². The van der Waals surface area contributed by atoms with Crippen LogP contribution in [-0.4, -0.2) is 39.7 Å². The monoisotopic (exact) mass is 422 g/mol. The second-order valence-corrected chi connectivity index (χ2v) is 9.26. The highest BCUT2D eigenvalue weighted by Gasteiger charge is 2.18. The van der Waals surface area contributed by atoms with Crippen molar-refractivity contribution in [2.75, 3.05) is 10.0 Å². The maximum Gasteiger partial charge on any atom is 0.264 e. The van der Waals surface area contributed by atoms with Gasteiger partial charge in [0.15, 0.2) is 4.34 Å². The number of sulfonamides is 1. The van der Waals surface area contributed by atoms with Crippen LogP contribution in [0.1, 0.15) is 6.92 Å². The van der Waals surface area contributed by atoms with E-state index in [0.717, 1.165) is 0 Å². The van der Waals surface area contributed by atoms with E-state index in [2.05, 4.69) is 30.2 Å². The van der Waals surface area contributed by atoms with Crippen molar-refractivity contribution in [2.45, 2.75) is 21.4 Å². The van der Waals surface area contributed by atoms with Gasteiger partial charge in [0, 0.05) is 18.1 Å². The minimum absolute atomic E-state index is 0.0163. The lowest BCUT2D eigenvalue weighted by Crippen LogP contribution is -2.22. The molecule has 2 N–H and O–H groups in total. The molecule has 1 aromatic carbocycles. The van der Waals surface area contributed by atoms with Crippen molar-refractivity contribution >= 4 is 50.7 Å². The zero-order chi connectivity index (χ0) is 19.3. The standard InChI is InChI=1S/C15H14N6O3S3/c1-10(26-15-20-18-9-25-15)13(22)19-11-3-5-12(6-4-11)27(23,24)21-14-16-7-2-8-17-14/h2-10H,1H3,(H,19,22)(H,16,17,21)/t10-/m1/s1. The third-order valence-electron chi connectivity index (χ3n) is 3.21. The molecule has 0 saturated heterocycles. The van der Waals surface area contributed by atoms with Crippen molar-refractivity contribution in [2.24, 2.45) is 0 Å². The van der Waals surface area contributed by atoms with Crippen molar-refractivity contribution in [1.29, 1.82) is 0 Å². The summed E-state index contributed by atoms with van der Waals surface area (Å²) in [6, 6.07) is 7.40. The summed E-state index contributed by atoms with van der Waals surface area (Å²) in [7, 11) is -3.81. The van der Waals surface area contributed by atoms with Crippen molar-refractivity contribution in [1.82, 2.24) is 20.2 Å². The van der Waals surface area contributed by atoms with Crippen LogP contribution in [-0.2, 0) is 14.8 Å². The number of benzene rings is 1. The number of amides is 1. The molecule has 0 bridgehead atoms. The predicted molar refractivity (Wildman–Crippen MR) is 103 cm³/mol. The molecule has 0 aliphatic rings. The summed E-state index contributed by atoms with van der Waals surface area (Å²) in [5.74, 6) is -0.237. The van der Waals surface area contributed by atoms with E-state index < -0.39 is 10.0 Å². The molecule has 0 spiro atoms. The Labute approximate surface area is 163 Å². The largest absolute Gasteiger partial charge is 0.325 e. The average Bonchev–Trinajstić information content (AvgIpc) is 3.15. The molecule has 1 amide bonds. The summed E-state index contributed by atoms with van der Waals surface area (Å²) < 4.78 is 27.6. The van der Waals surface area contributed by atoms with Crippen LogP contribution in [0.5, 0.6) is 0 Å². The molecule has 0 fully saturated rings. The summed E-state index contributed by atoms with van der Waals surface area (Å²) in [6.45, 7) is 1.75. The molecule has 0 aliphatic heterocycles. The minimum Gasteiger partial charge on any atom is -0.325 e. The van der Waals surface area contributed by atoms with Crippen molar-refractivity contribution in [3.8, 4) is 0 Å². The third-order valence-corrected chi connectivity index (χ3v) is 6.47. The average molecular weight is 423 g/mol. The summed E-state index contributed by atoms with van der Waals surface area (Å²) >= 11 is 2.66. The van der Waals surface area contributed by atoms with Crippen LogP contribution >= 0.6 is 23.1 Å². The second-order valence-electron chi connectivity index (χ2n) is 5.16. The van der Waals surface area contributed by atoms with E-state index in [1.54, 1.807) is 18.5 Å². The maximum atomic E-state index is 12.3. The van der Waals surface area contributed by atoms with Crippen molar-refractivity contribution in [3.05, 3.63) is 48.2 Å². The Balaban J connectivity index is 1.63. The fraction of sp³-hybridized carbons (Fsp3) is 0.133. The SMILES string of the molecule is C[C@@H](Sc1nncs1)C(=O)Nc1ccc(S(=O)(=O)Nc2ncccn2)cc1. The summed E-state index contributed by atoms with van der Waals surface area (Å²) in [6.07, 6.45) is 2.87. The number of hydrogen-bond acceptors (Lipinski definition) is 9. The highest BCUT2D eigenvalue weighted by molar-refractivity contribution is 8.02. The van der Waals surface area contributed by atoms with Gasteiger partial charge in [0.25, 0.3) is 10.0 Å². The Morgan fingerprint density at radius 1 is 1.19 bits per heavy atom. The first kappa shape index (κ1) is 19.2. The van der Waals surface area contributed by atoms with Crippen LogP contribution in [0.15, 0.2) is 57.5 Å². The Bertz CT molecular complexity index is 995. The molecule has 12 heteroatoms. The van der Waals surface area contributed by atoms with E-state index in [-0.39, 0.29) is 22.0 Å². The topological polar surface area (TPSA) is 127 Å². The lowest BCUT2D eigenvalue weighted by atomic mass is 10.3. The van der Waals surface area contributed by atoms with Gasteiger partial charge in [-0.2, -0.15) is 0 Å². The summed E-state index contributed by atoms with van der Waals surface area (Å²) in [5.41, 5.74) is 2.08. The molecule has 3 aromatic rings. The van der Waals surface area contributed by atoms with Crippen molar-refractivity contribution in [3.63, 3.8) is 0 Å². The van der Waals surface area contributed by atoms with Gasteiger partial charge >= 0.3 is 0 Å². The number of carbonyl (C=O) groups is 1. The van der Waals surface area contributed by atoms with Gasteiger partial charge < -0.3 is 5.32 Å². The number of anilines is 2.